The fourth-order valence-electron chi connectivity index (χ4n) is 4.32. The summed E-state index contributed by atoms with van der Waals surface area (Å²) in [4.78, 5) is 0. The third-order valence-corrected chi connectivity index (χ3v) is 6.15. The highest BCUT2D eigenvalue weighted by atomic mass is 19.1. The summed E-state index contributed by atoms with van der Waals surface area (Å²) in [6, 6.07) is 15.1. The number of rotatable bonds is 7. The van der Waals surface area contributed by atoms with Gasteiger partial charge in [0.25, 0.3) is 0 Å². The highest BCUT2D eigenvalue weighted by molar-refractivity contribution is 5.64. The molecule has 2 heteroatoms. The van der Waals surface area contributed by atoms with Crippen molar-refractivity contribution >= 4 is 0 Å². The summed E-state index contributed by atoms with van der Waals surface area (Å²) in [5.41, 5.74) is 3.28. The monoisotopic (exact) mass is 363 g/mol. The Morgan fingerprint density at radius 3 is 2.15 bits per heavy atom. The standard InChI is InChI=1S/C25H30FN/c1-2-3-4-19-5-7-20(8-6-19)9-10-21-11-13-22(14-12-21)23-15-16-24(18-27)25(26)17-23/h11-17,19-20H,2-10H2,1H3. The highest BCUT2D eigenvalue weighted by Crippen LogP contribution is 2.34. The summed E-state index contributed by atoms with van der Waals surface area (Å²) in [6.07, 6.45) is 12.2. The molecule has 0 N–H and O–H groups in total. The van der Waals surface area contributed by atoms with Crippen molar-refractivity contribution in [2.75, 3.05) is 0 Å². The van der Waals surface area contributed by atoms with Crippen molar-refractivity contribution < 1.29 is 4.39 Å². The molecule has 2 aromatic rings. The van der Waals surface area contributed by atoms with E-state index in [-0.39, 0.29) is 5.56 Å². The molecule has 0 radical (unpaired) electrons. The van der Waals surface area contributed by atoms with Crippen LogP contribution < -0.4 is 0 Å². The van der Waals surface area contributed by atoms with Crippen LogP contribution in [-0.4, -0.2) is 0 Å². The summed E-state index contributed by atoms with van der Waals surface area (Å²) in [6.45, 7) is 2.29. The van der Waals surface area contributed by atoms with Gasteiger partial charge in [0.1, 0.15) is 11.9 Å². The first-order valence-electron chi connectivity index (χ1n) is 10.5. The lowest BCUT2D eigenvalue weighted by Gasteiger charge is -2.28. The molecule has 0 heterocycles. The van der Waals surface area contributed by atoms with Gasteiger partial charge in [0.2, 0.25) is 0 Å². The molecule has 0 unspecified atom stereocenters. The molecular weight excluding hydrogens is 333 g/mol. The van der Waals surface area contributed by atoms with E-state index in [1.807, 2.05) is 12.1 Å². The van der Waals surface area contributed by atoms with Gasteiger partial charge in [0.05, 0.1) is 5.56 Å². The molecule has 0 aromatic heterocycles. The van der Waals surface area contributed by atoms with Crippen LogP contribution >= 0.6 is 0 Å². The Balaban J connectivity index is 1.50. The van der Waals surface area contributed by atoms with Gasteiger partial charge in [-0.1, -0.05) is 82.2 Å². The van der Waals surface area contributed by atoms with Gasteiger partial charge in [0, 0.05) is 0 Å². The molecule has 1 nitrogen and oxygen atoms in total. The first kappa shape index (κ1) is 19.6. The number of unbranched alkanes of at least 4 members (excludes halogenated alkanes) is 1. The molecule has 142 valence electrons. The number of benzene rings is 2. The van der Waals surface area contributed by atoms with Crippen molar-refractivity contribution in [1.29, 1.82) is 5.26 Å². The molecule has 0 atom stereocenters. The Labute approximate surface area is 163 Å². The maximum absolute atomic E-state index is 13.8. The van der Waals surface area contributed by atoms with Gasteiger partial charge in [-0.15, -0.1) is 0 Å². The van der Waals surface area contributed by atoms with Crippen LogP contribution in [-0.2, 0) is 6.42 Å². The van der Waals surface area contributed by atoms with E-state index in [9.17, 15) is 4.39 Å². The van der Waals surface area contributed by atoms with Gasteiger partial charge >= 0.3 is 0 Å². The van der Waals surface area contributed by atoms with Gasteiger partial charge in [-0.3, -0.25) is 0 Å². The van der Waals surface area contributed by atoms with Crippen molar-refractivity contribution in [3.63, 3.8) is 0 Å². The van der Waals surface area contributed by atoms with Crippen LogP contribution in [0.4, 0.5) is 4.39 Å². The van der Waals surface area contributed by atoms with Crippen molar-refractivity contribution in [2.45, 2.75) is 64.7 Å². The average molecular weight is 364 g/mol. The van der Waals surface area contributed by atoms with Gasteiger partial charge in [-0.25, -0.2) is 4.39 Å². The zero-order valence-corrected chi connectivity index (χ0v) is 16.4. The van der Waals surface area contributed by atoms with Crippen molar-refractivity contribution in [3.8, 4) is 17.2 Å². The van der Waals surface area contributed by atoms with E-state index in [2.05, 4.69) is 31.2 Å². The summed E-state index contributed by atoms with van der Waals surface area (Å²) in [7, 11) is 0. The summed E-state index contributed by atoms with van der Waals surface area (Å²) >= 11 is 0. The van der Waals surface area contributed by atoms with E-state index in [1.54, 1.807) is 6.07 Å². The maximum atomic E-state index is 13.8. The highest BCUT2D eigenvalue weighted by Gasteiger charge is 2.20. The molecule has 1 aliphatic carbocycles. The molecule has 27 heavy (non-hydrogen) atoms. The Morgan fingerprint density at radius 1 is 0.926 bits per heavy atom. The zero-order valence-electron chi connectivity index (χ0n) is 16.4. The molecule has 0 spiro atoms. The first-order chi connectivity index (χ1) is 13.2. The lowest BCUT2D eigenvalue weighted by atomic mass is 9.78. The number of nitrogens with zero attached hydrogens (tertiary/aromatic N) is 1. The van der Waals surface area contributed by atoms with Crippen LogP contribution in [0.25, 0.3) is 11.1 Å². The molecule has 0 aliphatic heterocycles. The lowest BCUT2D eigenvalue weighted by Crippen LogP contribution is -2.15. The summed E-state index contributed by atoms with van der Waals surface area (Å²) in [5.74, 6) is 1.41. The second kappa shape index (κ2) is 9.70. The van der Waals surface area contributed by atoms with Crippen molar-refractivity contribution in [1.82, 2.24) is 0 Å². The van der Waals surface area contributed by atoms with Gasteiger partial charge in [-0.05, 0) is 53.5 Å². The Morgan fingerprint density at radius 2 is 1.56 bits per heavy atom. The SMILES string of the molecule is CCCCC1CCC(CCc2ccc(-c3ccc(C#N)c(F)c3)cc2)CC1. The third kappa shape index (κ3) is 5.42. The number of nitriles is 1. The number of aryl methyl sites for hydroxylation is 1. The molecule has 0 amide bonds. The van der Waals surface area contributed by atoms with Gasteiger partial charge in [0.15, 0.2) is 0 Å². The smallest absolute Gasteiger partial charge is 0.141 e. The predicted molar refractivity (Wildman–Crippen MR) is 110 cm³/mol. The van der Waals surface area contributed by atoms with Crippen LogP contribution in [0.5, 0.6) is 0 Å². The minimum Gasteiger partial charge on any atom is -0.206 e. The molecule has 1 saturated carbocycles. The first-order valence-corrected chi connectivity index (χ1v) is 10.5. The predicted octanol–water partition coefficient (Wildman–Crippen LogP) is 7.29. The Bertz CT molecular complexity index is 764. The molecule has 3 rings (SSSR count). The van der Waals surface area contributed by atoms with Gasteiger partial charge < -0.3 is 0 Å². The Hall–Kier alpha value is -2.14. The molecule has 0 saturated heterocycles. The van der Waals surface area contributed by atoms with Gasteiger partial charge in [-0.2, -0.15) is 5.26 Å². The second-order valence-electron chi connectivity index (χ2n) is 8.07. The van der Waals surface area contributed by atoms with E-state index >= 15 is 0 Å². The minimum absolute atomic E-state index is 0.0970. The minimum atomic E-state index is -0.450. The number of halogens is 1. The molecule has 1 aliphatic rings. The number of hydrogen-bond acceptors (Lipinski definition) is 1. The van der Waals surface area contributed by atoms with E-state index in [0.717, 1.165) is 29.4 Å². The Kier molecular flexibility index (Phi) is 7.04. The lowest BCUT2D eigenvalue weighted by molar-refractivity contribution is 0.250. The van der Waals surface area contributed by atoms with E-state index in [0.29, 0.717) is 0 Å². The number of hydrogen-bond donors (Lipinski definition) is 0. The second-order valence-corrected chi connectivity index (χ2v) is 8.07. The largest absolute Gasteiger partial charge is 0.206 e. The molecule has 1 fully saturated rings. The van der Waals surface area contributed by atoms with E-state index < -0.39 is 5.82 Å². The average Bonchev–Trinajstić information content (AvgIpc) is 2.72. The maximum Gasteiger partial charge on any atom is 0.141 e. The quantitative estimate of drug-likeness (QED) is 0.506. The van der Waals surface area contributed by atoms with Crippen LogP contribution in [0, 0.1) is 29.0 Å². The fraction of sp³-hybridized carbons (Fsp3) is 0.480. The van der Waals surface area contributed by atoms with Crippen molar-refractivity contribution in [2.24, 2.45) is 11.8 Å². The van der Waals surface area contributed by atoms with E-state index in [1.165, 1.54) is 63.0 Å². The van der Waals surface area contributed by atoms with Crippen LogP contribution in [0.1, 0.15) is 69.4 Å². The van der Waals surface area contributed by atoms with Crippen LogP contribution in [0.3, 0.4) is 0 Å². The summed E-state index contributed by atoms with van der Waals surface area (Å²) < 4.78 is 13.8. The van der Waals surface area contributed by atoms with Crippen molar-refractivity contribution in [3.05, 3.63) is 59.4 Å². The van der Waals surface area contributed by atoms with Crippen LogP contribution in [0.2, 0.25) is 0 Å². The van der Waals surface area contributed by atoms with Crippen LogP contribution in [0.15, 0.2) is 42.5 Å². The zero-order chi connectivity index (χ0) is 19.1. The third-order valence-electron chi connectivity index (χ3n) is 6.15. The molecular formula is C25H30FN. The fourth-order valence-corrected chi connectivity index (χ4v) is 4.32. The molecule has 2 aromatic carbocycles. The summed E-state index contributed by atoms with van der Waals surface area (Å²) in [5, 5.41) is 8.85. The van der Waals surface area contributed by atoms with E-state index in [4.69, 9.17) is 5.26 Å². The normalized spacial score (nSPS) is 19.6. The molecule has 0 bridgehead atoms. The topological polar surface area (TPSA) is 23.8 Å².